The molecule has 1 rings (SSSR count). The van der Waals surface area contributed by atoms with E-state index in [1.165, 1.54) is 18.9 Å². The first kappa shape index (κ1) is 16.0. The molecule has 0 aliphatic carbocycles. The lowest BCUT2D eigenvalue weighted by atomic mass is 10.1. The maximum atomic E-state index is 13.9. The number of carbonyl (C=O) groups is 1. The first-order valence-corrected chi connectivity index (χ1v) is 6.12. The molecule has 0 aliphatic rings. The largest absolute Gasteiger partial charge is 0.393 e. The minimum Gasteiger partial charge on any atom is -0.393 e. The Bertz CT molecular complexity index is 531. The Morgan fingerprint density at radius 2 is 2.15 bits per heavy atom. The first-order chi connectivity index (χ1) is 9.23. The minimum absolute atomic E-state index is 0.0477. The van der Waals surface area contributed by atoms with Crippen molar-refractivity contribution in [1.29, 1.82) is 0 Å². The number of nitrogens with zero attached hydrogens (tertiary/aromatic N) is 2. The molecule has 1 aromatic rings. The zero-order valence-electron chi connectivity index (χ0n) is 11.6. The molecule has 1 N–H and O–H groups in total. The molecule has 0 saturated carbocycles. The van der Waals surface area contributed by atoms with Crippen molar-refractivity contribution in [2.45, 2.75) is 26.4 Å². The van der Waals surface area contributed by atoms with Crippen LogP contribution in [0.4, 0.5) is 10.1 Å². The Kier molecular flexibility index (Phi) is 5.15. The molecule has 20 heavy (non-hydrogen) atoms. The van der Waals surface area contributed by atoms with Crippen LogP contribution < -0.4 is 0 Å². The van der Waals surface area contributed by atoms with Crippen molar-refractivity contribution in [3.63, 3.8) is 0 Å². The van der Waals surface area contributed by atoms with Gasteiger partial charge in [-0.1, -0.05) is 0 Å². The van der Waals surface area contributed by atoms with E-state index in [1.54, 1.807) is 6.92 Å². The van der Waals surface area contributed by atoms with E-state index in [4.69, 9.17) is 5.11 Å². The molecule has 1 unspecified atom stereocenters. The van der Waals surface area contributed by atoms with Gasteiger partial charge in [0.2, 0.25) is 0 Å². The molecule has 0 fully saturated rings. The summed E-state index contributed by atoms with van der Waals surface area (Å²) in [5.41, 5.74) is -0.604. The molecular weight excluding hydrogens is 267 g/mol. The smallest absolute Gasteiger partial charge is 0.270 e. The van der Waals surface area contributed by atoms with E-state index in [-0.39, 0.29) is 23.4 Å². The van der Waals surface area contributed by atoms with E-state index in [1.807, 2.05) is 0 Å². The number of hydrogen-bond acceptors (Lipinski definition) is 4. The van der Waals surface area contributed by atoms with Gasteiger partial charge in [-0.15, -0.1) is 0 Å². The Balaban J connectivity index is 3.05. The summed E-state index contributed by atoms with van der Waals surface area (Å²) in [6, 6.07) is 2.02. The van der Waals surface area contributed by atoms with Crippen molar-refractivity contribution < 1.29 is 19.2 Å². The summed E-state index contributed by atoms with van der Waals surface area (Å²) in [6.45, 7) is 3.18. The molecule has 0 spiro atoms. The third kappa shape index (κ3) is 3.74. The summed E-state index contributed by atoms with van der Waals surface area (Å²) in [7, 11) is 1.46. The lowest BCUT2D eigenvalue weighted by Gasteiger charge is -2.18. The maximum Gasteiger partial charge on any atom is 0.270 e. The van der Waals surface area contributed by atoms with Crippen molar-refractivity contribution in [2.75, 3.05) is 13.6 Å². The Morgan fingerprint density at radius 3 is 2.65 bits per heavy atom. The van der Waals surface area contributed by atoms with Gasteiger partial charge in [0, 0.05) is 25.7 Å². The lowest BCUT2D eigenvalue weighted by molar-refractivity contribution is -0.385. The highest BCUT2D eigenvalue weighted by molar-refractivity contribution is 5.95. The van der Waals surface area contributed by atoms with Crippen molar-refractivity contribution >= 4 is 11.6 Å². The van der Waals surface area contributed by atoms with Gasteiger partial charge in [-0.25, -0.2) is 4.39 Å². The number of benzene rings is 1. The second-order valence-electron chi connectivity index (χ2n) is 4.75. The molecule has 0 heterocycles. The van der Waals surface area contributed by atoms with Crippen LogP contribution in [-0.2, 0) is 0 Å². The summed E-state index contributed by atoms with van der Waals surface area (Å²) in [5, 5.41) is 19.9. The van der Waals surface area contributed by atoms with Crippen molar-refractivity contribution in [3.8, 4) is 0 Å². The topological polar surface area (TPSA) is 83.7 Å². The molecule has 0 bridgehead atoms. The fourth-order valence-electron chi connectivity index (χ4n) is 1.70. The van der Waals surface area contributed by atoms with Crippen LogP contribution in [-0.4, -0.2) is 40.5 Å². The molecule has 0 saturated heterocycles. The average Bonchev–Trinajstić information content (AvgIpc) is 2.37. The van der Waals surface area contributed by atoms with Crippen LogP contribution in [0.15, 0.2) is 12.1 Å². The van der Waals surface area contributed by atoms with Gasteiger partial charge < -0.3 is 10.0 Å². The number of aliphatic hydroxyl groups excluding tert-OH is 1. The molecular formula is C13H17FN2O4. The number of aryl methyl sites for hydroxylation is 1. The Labute approximate surface area is 116 Å². The number of nitro groups is 1. The molecule has 0 aromatic heterocycles. The second kappa shape index (κ2) is 6.42. The summed E-state index contributed by atoms with van der Waals surface area (Å²) in [4.78, 5) is 23.4. The van der Waals surface area contributed by atoms with E-state index in [9.17, 15) is 19.3 Å². The predicted molar refractivity (Wildman–Crippen MR) is 71.0 cm³/mol. The van der Waals surface area contributed by atoms with Gasteiger partial charge in [0.1, 0.15) is 5.82 Å². The lowest BCUT2D eigenvalue weighted by Crippen LogP contribution is -2.30. The molecule has 1 amide bonds. The summed E-state index contributed by atoms with van der Waals surface area (Å²) in [6.07, 6.45) is -0.237. The number of rotatable bonds is 5. The number of carbonyl (C=O) groups excluding carboxylic acids is 1. The highest BCUT2D eigenvalue weighted by Gasteiger charge is 2.22. The van der Waals surface area contributed by atoms with E-state index < -0.39 is 22.8 Å². The number of non-ortho nitro benzene ring substituents is 1. The third-order valence-electron chi connectivity index (χ3n) is 2.91. The van der Waals surface area contributed by atoms with Crippen LogP contribution in [0, 0.1) is 22.9 Å². The highest BCUT2D eigenvalue weighted by atomic mass is 19.1. The maximum absolute atomic E-state index is 13.9. The third-order valence-corrected chi connectivity index (χ3v) is 2.91. The number of halogens is 1. The number of amides is 1. The first-order valence-electron chi connectivity index (χ1n) is 6.12. The number of hydrogen-bond donors (Lipinski definition) is 1. The quantitative estimate of drug-likeness (QED) is 0.661. The summed E-state index contributed by atoms with van der Waals surface area (Å²) in [5.74, 6) is -1.40. The summed E-state index contributed by atoms with van der Waals surface area (Å²) >= 11 is 0. The molecule has 0 radical (unpaired) electrons. The SMILES string of the molecule is Cc1cc([N+](=O)[O-])cc(C(=O)N(C)CCC(C)O)c1F. The monoisotopic (exact) mass is 284 g/mol. The summed E-state index contributed by atoms with van der Waals surface area (Å²) < 4.78 is 13.9. The van der Waals surface area contributed by atoms with Gasteiger partial charge >= 0.3 is 0 Å². The van der Waals surface area contributed by atoms with Gasteiger partial charge in [0.05, 0.1) is 16.6 Å². The Hall–Kier alpha value is -2.02. The fourth-order valence-corrected chi connectivity index (χ4v) is 1.70. The number of nitro benzene ring substituents is 1. The van der Waals surface area contributed by atoms with Gasteiger partial charge in [-0.3, -0.25) is 14.9 Å². The van der Waals surface area contributed by atoms with E-state index in [2.05, 4.69) is 0 Å². The van der Waals surface area contributed by atoms with Crippen LogP contribution in [0.2, 0.25) is 0 Å². The van der Waals surface area contributed by atoms with Crippen molar-refractivity contribution in [2.24, 2.45) is 0 Å². The van der Waals surface area contributed by atoms with Crippen LogP contribution in [0.3, 0.4) is 0 Å². The normalized spacial score (nSPS) is 12.1. The van der Waals surface area contributed by atoms with E-state index in [0.29, 0.717) is 6.42 Å². The van der Waals surface area contributed by atoms with Gasteiger partial charge in [-0.2, -0.15) is 0 Å². The molecule has 1 aromatic carbocycles. The van der Waals surface area contributed by atoms with Crippen LogP contribution in [0.1, 0.15) is 29.3 Å². The zero-order chi connectivity index (χ0) is 15.4. The average molecular weight is 284 g/mol. The fraction of sp³-hybridized carbons (Fsp3) is 0.462. The standard InChI is InChI=1S/C13H17FN2O4/c1-8-6-10(16(19)20)7-11(12(8)14)13(18)15(3)5-4-9(2)17/h6-7,9,17H,4-5H2,1-3H3. The molecule has 6 nitrogen and oxygen atoms in total. The van der Waals surface area contributed by atoms with Crippen LogP contribution in [0.5, 0.6) is 0 Å². The van der Waals surface area contributed by atoms with Gasteiger partial charge in [-0.05, 0) is 25.8 Å². The minimum atomic E-state index is -0.760. The van der Waals surface area contributed by atoms with Crippen LogP contribution in [0.25, 0.3) is 0 Å². The van der Waals surface area contributed by atoms with Gasteiger partial charge in [0.15, 0.2) is 0 Å². The highest BCUT2D eigenvalue weighted by Crippen LogP contribution is 2.22. The molecule has 1 atom stereocenters. The Morgan fingerprint density at radius 1 is 1.55 bits per heavy atom. The van der Waals surface area contributed by atoms with Crippen molar-refractivity contribution in [3.05, 3.63) is 39.2 Å². The van der Waals surface area contributed by atoms with E-state index in [0.717, 1.165) is 12.1 Å². The molecule has 0 aliphatic heterocycles. The van der Waals surface area contributed by atoms with Crippen molar-refractivity contribution in [1.82, 2.24) is 4.90 Å². The molecule has 7 heteroatoms. The predicted octanol–water partition coefficient (Wildman–Crippen LogP) is 1.89. The van der Waals surface area contributed by atoms with Gasteiger partial charge in [0.25, 0.3) is 11.6 Å². The molecule has 110 valence electrons. The zero-order valence-corrected chi connectivity index (χ0v) is 11.6. The number of aliphatic hydroxyl groups is 1. The van der Waals surface area contributed by atoms with E-state index >= 15 is 0 Å². The second-order valence-corrected chi connectivity index (χ2v) is 4.75. The van der Waals surface area contributed by atoms with Crippen LogP contribution >= 0.6 is 0 Å².